The van der Waals surface area contributed by atoms with Gasteiger partial charge < -0.3 is 10.6 Å². The van der Waals surface area contributed by atoms with Gasteiger partial charge in [0.05, 0.1) is 29.9 Å². The van der Waals surface area contributed by atoms with E-state index >= 15 is 0 Å². The van der Waals surface area contributed by atoms with Crippen LogP contribution in [0.5, 0.6) is 0 Å². The van der Waals surface area contributed by atoms with E-state index in [9.17, 15) is 0 Å². The van der Waals surface area contributed by atoms with Crippen molar-refractivity contribution >= 4 is 11.5 Å². The molecule has 1 rings (SSSR count). The Kier molecular flexibility index (Phi) is 3.48. The van der Waals surface area contributed by atoms with Crippen LogP contribution in [0.2, 0.25) is 0 Å². The van der Waals surface area contributed by atoms with E-state index in [1.54, 1.807) is 18.0 Å². The van der Waals surface area contributed by atoms with Gasteiger partial charge in [-0.1, -0.05) is 0 Å². The molecule has 0 aliphatic heterocycles. The maximum atomic E-state index is 8.88. The van der Waals surface area contributed by atoms with Crippen LogP contribution in [0.3, 0.4) is 0 Å². The summed E-state index contributed by atoms with van der Waals surface area (Å²) < 4.78 is 0. The second-order valence-corrected chi connectivity index (χ2v) is 3.08. The molecule has 5 heteroatoms. The molecule has 1 heterocycles. The molecule has 0 amide bonds. The summed E-state index contributed by atoms with van der Waals surface area (Å²) >= 11 is 0. The van der Waals surface area contributed by atoms with E-state index < -0.39 is 0 Å². The molecule has 0 fully saturated rings. The zero-order chi connectivity index (χ0) is 11.3. The maximum Gasteiger partial charge on any atom is 0.146 e. The maximum absolute atomic E-state index is 8.88. The summed E-state index contributed by atoms with van der Waals surface area (Å²) in [5.41, 5.74) is 6.41. The minimum absolute atomic E-state index is 0.396. The molecule has 0 aromatic carbocycles. The molecule has 0 atom stereocenters. The van der Waals surface area contributed by atoms with Gasteiger partial charge in [-0.15, -0.1) is 0 Å². The Morgan fingerprint density at radius 3 is 2.87 bits per heavy atom. The van der Waals surface area contributed by atoms with Crippen LogP contribution in [0.4, 0.5) is 11.5 Å². The number of aromatic nitrogens is 1. The molecule has 0 radical (unpaired) electrons. The second kappa shape index (κ2) is 4.83. The lowest BCUT2D eigenvalue weighted by molar-refractivity contribution is 0.883. The summed E-state index contributed by atoms with van der Waals surface area (Å²) in [7, 11) is 1.79. The minimum Gasteiger partial charge on any atom is -0.397 e. The van der Waals surface area contributed by atoms with Crippen molar-refractivity contribution in [1.82, 2.24) is 4.98 Å². The first kappa shape index (κ1) is 10.8. The average molecular weight is 201 g/mol. The molecule has 0 saturated heterocycles. The molecule has 0 bridgehead atoms. The molecule has 0 unspecified atom stereocenters. The van der Waals surface area contributed by atoms with Gasteiger partial charge in [0, 0.05) is 13.6 Å². The van der Waals surface area contributed by atoms with E-state index in [0.717, 1.165) is 0 Å². The summed E-state index contributed by atoms with van der Waals surface area (Å²) in [6, 6.07) is 5.64. The average Bonchev–Trinajstić information content (AvgIpc) is 2.25. The molecule has 0 aliphatic carbocycles. The van der Waals surface area contributed by atoms with Gasteiger partial charge in [-0.3, -0.25) is 0 Å². The van der Waals surface area contributed by atoms with E-state index in [0.29, 0.717) is 30.0 Å². The van der Waals surface area contributed by atoms with Crippen molar-refractivity contribution in [2.75, 3.05) is 24.2 Å². The van der Waals surface area contributed by atoms with E-state index in [-0.39, 0.29) is 0 Å². The van der Waals surface area contributed by atoms with Gasteiger partial charge in [0.2, 0.25) is 0 Å². The molecule has 5 nitrogen and oxygen atoms in total. The molecule has 0 aliphatic rings. The second-order valence-electron chi connectivity index (χ2n) is 3.08. The van der Waals surface area contributed by atoms with Crippen molar-refractivity contribution in [3.05, 3.63) is 17.8 Å². The normalized spacial score (nSPS) is 9.00. The molecule has 0 spiro atoms. The standard InChI is InChI=1S/C10H11N5/c1-15(4-2-3-11)10-8(6-12)5-9(13)7-14-10/h5,7H,2,4,13H2,1H3. The predicted octanol–water partition coefficient (Wildman–Crippen LogP) is 0.885. The minimum atomic E-state index is 0.396. The van der Waals surface area contributed by atoms with Crippen molar-refractivity contribution < 1.29 is 0 Å². The van der Waals surface area contributed by atoms with Gasteiger partial charge >= 0.3 is 0 Å². The zero-order valence-corrected chi connectivity index (χ0v) is 8.44. The van der Waals surface area contributed by atoms with Gasteiger partial charge in [0.15, 0.2) is 0 Å². The Morgan fingerprint density at radius 1 is 1.53 bits per heavy atom. The fraction of sp³-hybridized carbons (Fsp3) is 0.300. The summed E-state index contributed by atoms with van der Waals surface area (Å²) in [6.07, 6.45) is 1.90. The monoisotopic (exact) mass is 201 g/mol. The number of anilines is 2. The highest BCUT2D eigenvalue weighted by atomic mass is 15.2. The van der Waals surface area contributed by atoms with Gasteiger partial charge in [0.25, 0.3) is 0 Å². The number of nitrogens with two attached hydrogens (primary N) is 1. The highest BCUT2D eigenvalue weighted by Crippen LogP contribution is 2.17. The third-order valence-corrected chi connectivity index (χ3v) is 1.93. The van der Waals surface area contributed by atoms with Crippen molar-refractivity contribution in [2.24, 2.45) is 0 Å². The third kappa shape index (κ3) is 2.58. The predicted molar refractivity (Wildman–Crippen MR) is 56.9 cm³/mol. The van der Waals surface area contributed by atoms with Crippen LogP contribution in [0.25, 0.3) is 0 Å². The molecule has 1 aromatic rings. The fourth-order valence-corrected chi connectivity index (χ4v) is 1.18. The fourth-order valence-electron chi connectivity index (χ4n) is 1.18. The van der Waals surface area contributed by atoms with Gasteiger partial charge in [-0.25, -0.2) is 4.98 Å². The first-order chi connectivity index (χ1) is 7.19. The van der Waals surface area contributed by atoms with Gasteiger partial charge in [-0.05, 0) is 6.07 Å². The Bertz CT molecular complexity index is 426. The van der Waals surface area contributed by atoms with Crippen molar-refractivity contribution in [2.45, 2.75) is 6.42 Å². The van der Waals surface area contributed by atoms with Crippen LogP contribution in [-0.4, -0.2) is 18.6 Å². The van der Waals surface area contributed by atoms with Crippen molar-refractivity contribution in [3.63, 3.8) is 0 Å². The number of pyridine rings is 1. The largest absolute Gasteiger partial charge is 0.397 e. The van der Waals surface area contributed by atoms with E-state index in [4.69, 9.17) is 16.3 Å². The van der Waals surface area contributed by atoms with Crippen LogP contribution in [0, 0.1) is 22.7 Å². The summed E-state index contributed by atoms with van der Waals surface area (Å²) in [5, 5.41) is 17.3. The molecule has 2 N–H and O–H groups in total. The Labute approximate surface area is 88.4 Å². The number of nitriles is 2. The van der Waals surface area contributed by atoms with Crippen LogP contribution >= 0.6 is 0 Å². The highest BCUT2D eigenvalue weighted by molar-refractivity contribution is 5.58. The first-order valence-electron chi connectivity index (χ1n) is 4.42. The van der Waals surface area contributed by atoms with Gasteiger partial charge in [0.1, 0.15) is 11.9 Å². The molecule has 1 aromatic heterocycles. The number of hydrogen-bond acceptors (Lipinski definition) is 5. The Morgan fingerprint density at radius 2 is 2.27 bits per heavy atom. The van der Waals surface area contributed by atoms with Crippen LogP contribution < -0.4 is 10.6 Å². The van der Waals surface area contributed by atoms with E-state index in [1.807, 2.05) is 12.1 Å². The quantitative estimate of drug-likeness (QED) is 0.784. The molecule has 0 saturated carbocycles. The highest BCUT2D eigenvalue weighted by Gasteiger charge is 2.08. The topological polar surface area (TPSA) is 89.7 Å². The van der Waals surface area contributed by atoms with Crippen molar-refractivity contribution in [1.29, 1.82) is 10.5 Å². The lowest BCUT2D eigenvalue weighted by Gasteiger charge is -2.17. The Hall–Kier alpha value is -2.27. The Balaban J connectivity index is 2.95. The summed E-state index contributed by atoms with van der Waals surface area (Å²) in [5.74, 6) is 0.557. The van der Waals surface area contributed by atoms with Crippen molar-refractivity contribution in [3.8, 4) is 12.1 Å². The smallest absolute Gasteiger partial charge is 0.146 e. The number of hydrogen-bond donors (Lipinski definition) is 1. The lowest BCUT2D eigenvalue weighted by Crippen LogP contribution is -2.20. The van der Waals surface area contributed by atoms with Crippen LogP contribution in [0.1, 0.15) is 12.0 Å². The van der Waals surface area contributed by atoms with E-state index in [1.165, 1.54) is 6.20 Å². The molecular formula is C10H11N5. The number of nitrogen functional groups attached to an aromatic ring is 1. The van der Waals surface area contributed by atoms with Crippen LogP contribution in [0.15, 0.2) is 12.3 Å². The summed E-state index contributed by atoms with van der Waals surface area (Å²) in [4.78, 5) is 5.84. The molecule has 76 valence electrons. The SMILES string of the molecule is CN(CCC#N)c1ncc(N)cc1C#N. The molecular weight excluding hydrogens is 190 g/mol. The van der Waals surface area contributed by atoms with Gasteiger partial charge in [-0.2, -0.15) is 10.5 Å². The third-order valence-electron chi connectivity index (χ3n) is 1.93. The lowest BCUT2D eigenvalue weighted by atomic mass is 10.2. The van der Waals surface area contributed by atoms with Crippen LogP contribution in [-0.2, 0) is 0 Å². The van der Waals surface area contributed by atoms with E-state index in [2.05, 4.69) is 4.98 Å². The first-order valence-corrected chi connectivity index (χ1v) is 4.42. The summed E-state index contributed by atoms with van der Waals surface area (Å²) in [6.45, 7) is 0.544. The number of nitrogens with zero attached hydrogens (tertiary/aromatic N) is 4. The zero-order valence-electron chi connectivity index (χ0n) is 8.44. The molecule has 15 heavy (non-hydrogen) atoms. The number of rotatable bonds is 3.